The topological polar surface area (TPSA) is 58.2 Å². The number of rotatable bonds is 4. The molecule has 1 aromatic carbocycles. The van der Waals surface area contributed by atoms with Crippen molar-refractivity contribution in [3.63, 3.8) is 0 Å². The lowest BCUT2D eigenvalue weighted by molar-refractivity contribution is -0.119. The van der Waals surface area contributed by atoms with E-state index in [2.05, 4.69) is 10.6 Å². The zero-order valence-electron chi connectivity index (χ0n) is 9.00. The van der Waals surface area contributed by atoms with E-state index < -0.39 is 11.9 Å². The maximum absolute atomic E-state index is 12.8. The summed E-state index contributed by atoms with van der Waals surface area (Å²) >= 11 is 5.34. The number of imide groups is 1. The van der Waals surface area contributed by atoms with E-state index >= 15 is 0 Å². The second-order valence-electron chi connectivity index (χ2n) is 3.30. The van der Waals surface area contributed by atoms with Gasteiger partial charge in [0.25, 0.3) is 0 Å². The Kier molecular flexibility index (Phi) is 5.42. The molecule has 0 saturated carbocycles. The smallest absolute Gasteiger partial charge is 0.321 e. The average Bonchev–Trinajstić information content (AvgIpc) is 2.27. The summed E-state index contributed by atoms with van der Waals surface area (Å²) in [6.07, 6.45) is 0.0783. The summed E-state index contributed by atoms with van der Waals surface area (Å²) in [5.41, 5.74) is 0.616. The third-order valence-corrected chi connectivity index (χ3v) is 2.11. The Morgan fingerprint density at radius 2 is 2.12 bits per heavy atom. The van der Waals surface area contributed by atoms with Crippen molar-refractivity contribution in [2.75, 3.05) is 5.88 Å². The SMILES string of the molecule is O=C(CCCl)NC(=O)NCc1cccc(F)c1. The van der Waals surface area contributed by atoms with Gasteiger partial charge in [0.05, 0.1) is 0 Å². The molecule has 4 nitrogen and oxygen atoms in total. The average molecular weight is 259 g/mol. The van der Waals surface area contributed by atoms with Gasteiger partial charge in [-0.25, -0.2) is 9.18 Å². The van der Waals surface area contributed by atoms with Crippen LogP contribution in [-0.2, 0) is 11.3 Å². The second kappa shape index (κ2) is 6.85. The van der Waals surface area contributed by atoms with E-state index in [-0.39, 0.29) is 24.7 Å². The van der Waals surface area contributed by atoms with Gasteiger partial charge in [-0.2, -0.15) is 0 Å². The van der Waals surface area contributed by atoms with Gasteiger partial charge in [-0.15, -0.1) is 11.6 Å². The Morgan fingerprint density at radius 1 is 1.35 bits per heavy atom. The monoisotopic (exact) mass is 258 g/mol. The summed E-state index contributed by atoms with van der Waals surface area (Å²) in [6.45, 7) is 0.151. The van der Waals surface area contributed by atoms with E-state index in [1.807, 2.05) is 0 Å². The molecule has 6 heteroatoms. The highest BCUT2D eigenvalue weighted by molar-refractivity contribution is 6.19. The van der Waals surface area contributed by atoms with E-state index in [1.54, 1.807) is 12.1 Å². The summed E-state index contributed by atoms with van der Waals surface area (Å²) < 4.78 is 12.8. The van der Waals surface area contributed by atoms with Gasteiger partial charge in [-0.3, -0.25) is 10.1 Å². The number of alkyl halides is 1. The predicted molar refractivity (Wildman–Crippen MR) is 62.1 cm³/mol. The fourth-order valence-electron chi connectivity index (χ4n) is 1.15. The highest BCUT2D eigenvalue weighted by Gasteiger charge is 2.06. The number of nitrogens with one attached hydrogen (secondary N) is 2. The fraction of sp³-hybridized carbons (Fsp3) is 0.273. The first-order valence-electron chi connectivity index (χ1n) is 5.00. The molecule has 0 aliphatic heterocycles. The Balaban J connectivity index is 2.35. The molecule has 92 valence electrons. The summed E-state index contributed by atoms with van der Waals surface area (Å²) in [7, 11) is 0. The second-order valence-corrected chi connectivity index (χ2v) is 3.68. The van der Waals surface area contributed by atoms with Crippen molar-refractivity contribution in [1.29, 1.82) is 0 Å². The molecule has 0 fully saturated rings. The molecule has 0 unspecified atom stereocenters. The van der Waals surface area contributed by atoms with Crippen LogP contribution in [0.1, 0.15) is 12.0 Å². The van der Waals surface area contributed by atoms with E-state index in [9.17, 15) is 14.0 Å². The molecule has 3 amide bonds. The number of hydrogen-bond acceptors (Lipinski definition) is 2. The highest BCUT2D eigenvalue weighted by atomic mass is 35.5. The molecule has 0 aromatic heterocycles. The molecular formula is C11H12ClFN2O2. The number of halogens is 2. The summed E-state index contributed by atoms with van der Waals surface area (Å²) in [4.78, 5) is 22.2. The molecule has 1 rings (SSSR count). The minimum atomic E-state index is -0.621. The molecule has 0 atom stereocenters. The normalized spacial score (nSPS) is 9.76. The standard InChI is InChI=1S/C11H12ClFN2O2/c12-5-4-10(16)15-11(17)14-7-8-2-1-3-9(13)6-8/h1-3,6H,4-5,7H2,(H2,14,15,16,17). The maximum atomic E-state index is 12.8. The van der Waals surface area contributed by atoms with Gasteiger partial charge < -0.3 is 5.32 Å². The molecule has 17 heavy (non-hydrogen) atoms. The molecule has 0 heterocycles. The summed E-state index contributed by atoms with van der Waals surface area (Å²) in [6, 6.07) is 5.21. The molecule has 0 aliphatic carbocycles. The van der Waals surface area contributed by atoms with Crippen molar-refractivity contribution in [2.45, 2.75) is 13.0 Å². The number of hydrogen-bond donors (Lipinski definition) is 2. The maximum Gasteiger partial charge on any atom is 0.321 e. The predicted octanol–water partition coefficient (Wildman–Crippen LogP) is 1.78. The largest absolute Gasteiger partial charge is 0.334 e. The molecule has 0 bridgehead atoms. The van der Waals surface area contributed by atoms with Crippen LogP contribution in [0.3, 0.4) is 0 Å². The molecule has 0 saturated heterocycles. The first-order chi connectivity index (χ1) is 8.11. The third-order valence-electron chi connectivity index (χ3n) is 1.92. The van der Waals surface area contributed by atoms with Gasteiger partial charge in [-0.1, -0.05) is 12.1 Å². The minimum Gasteiger partial charge on any atom is -0.334 e. The van der Waals surface area contributed by atoms with E-state index in [0.717, 1.165) is 0 Å². The van der Waals surface area contributed by atoms with Gasteiger partial charge in [0, 0.05) is 18.8 Å². The molecular weight excluding hydrogens is 247 g/mol. The fourth-order valence-corrected chi connectivity index (χ4v) is 1.32. The van der Waals surface area contributed by atoms with Crippen LogP contribution in [0.4, 0.5) is 9.18 Å². The third kappa shape index (κ3) is 5.31. The Morgan fingerprint density at radius 3 is 2.76 bits per heavy atom. The lowest BCUT2D eigenvalue weighted by atomic mass is 10.2. The first-order valence-corrected chi connectivity index (χ1v) is 5.53. The Bertz CT molecular complexity index is 412. The lowest BCUT2D eigenvalue weighted by Gasteiger charge is -2.06. The van der Waals surface area contributed by atoms with E-state index in [4.69, 9.17) is 11.6 Å². The lowest BCUT2D eigenvalue weighted by Crippen LogP contribution is -2.39. The number of carbonyl (C=O) groups is 2. The van der Waals surface area contributed by atoms with Crippen molar-refractivity contribution in [2.24, 2.45) is 0 Å². The first kappa shape index (κ1) is 13.4. The van der Waals surface area contributed by atoms with Gasteiger partial charge >= 0.3 is 6.03 Å². The van der Waals surface area contributed by atoms with E-state index in [0.29, 0.717) is 5.56 Å². The van der Waals surface area contributed by atoms with Crippen molar-refractivity contribution in [3.05, 3.63) is 35.6 Å². The van der Waals surface area contributed by atoms with Crippen LogP contribution >= 0.6 is 11.6 Å². The summed E-state index contributed by atoms with van der Waals surface area (Å²) in [5, 5.41) is 4.53. The molecule has 2 N–H and O–H groups in total. The van der Waals surface area contributed by atoms with E-state index in [1.165, 1.54) is 12.1 Å². The zero-order valence-corrected chi connectivity index (χ0v) is 9.76. The van der Waals surface area contributed by atoms with Gasteiger partial charge in [0.15, 0.2) is 0 Å². The quantitative estimate of drug-likeness (QED) is 0.809. The van der Waals surface area contributed by atoms with Crippen LogP contribution in [0.5, 0.6) is 0 Å². The van der Waals surface area contributed by atoms with Crippen molar-refractivity contribution in [3.8, 4) is 0 Å². The number of amides is 3. The number of benzene rings is 1. The van der Waals surface area contributed by atoms with Crippen LogP contribution in [0.25, 0.3) is 0 Å². The van der Waals surface area contributed by atoms with Gasteiger partial charge in [0.2, 0.25) is 5.91 Å². The molecule has 1 aromatic rings. The zero-order chi connectivity index (χ0) is 12.7. The van der Waals surface area contributed by atoms with Crippen molar-refractivity contribution >= 4 is 23.5 Å². The Labute approximate surface area is 103 Å². The van der Waals surface area contributed by atoms with Crippen molar-refractivity contribution in [1.82, 2.24) is 10.6 Å². The highest BCUT2D eigenvalue weighted by Crippen LogP contribution is 2.02. The van der Waals surface area contributed by atoms with Crippen LogP contribution in [0, 0.1) is 5.82 Å². The minimum absolute atomic E-state index is 0.0783. The van der Waals surface area contributed by atoms with Gasteiger partial charge in [-0.05, 0) is 17.7 Å². The van der Waals surface area contributed by atoms with Crippen LogP contribution in [-0.4, -0.2) is 17.8 Å². The number of urea groups is 1. The Hall–Kier alpha value is -1.62. The summed E-state index contributed by atoms with van der Waals surface area (Å²) in [5.74, 6) is -0.664. The molecule has 0 spiro atoms. The van der Waals surface area contributed by atoms with Crippen LogP contribution < -0.4 is 10.6 Å². The molecule has 0 radical (unpaired) electrons. The van der Waals surface area contributed by atoms with Gasteiger partial charge in [0.1, 0.15) is 5.82 Å². The van der Waals surface area contributed by atoms with Crippen LogP contribution in [0.15, 0.2) is 24.3 Å². The molecule has 0 aliphatic rings. The van der Waals surface area contributed by atoms with Crippen molar-refractivity contribution < 1.29 is 14.0 Å². The van der Waals surface area contributed by atoms with Crippen LogP contribution in [0.2, 0.25) is 0 Å². The number of carbonyl (C=O) groups excluding carboxylic acids is 2.